The maximum atomic E-state index is 7.00. The van der Waals surface area contributed by atoms with Crippen molar-refractivity contribution < 1.29 is 14.2 Å². The van der Waals surface area contributed by atoms with Crippen LogP contribution in [0.3, 0.4) is 0 Å². The molecule has 1 aliphatic carbocycles. The first kappa shape index (κ1) is 36.1. The molecule has 3 heterocycles. The molecule has 2 aliphatic rings. The fourth-order valence-electron chi connectivity index (χ4n) is 7.64. The van der Waals surface area contributed by atoms with E-state index in [2.05, 4.69) is 76.8 Å². The van der Waals surface area contributed by atoms with Crippen LogP contribution in [0.25, 0.3) is 0 Å². The van der Waals surface area contributed by atoms with Gasteiger partial charge in [0.2, 0.25) is 11.8 Å². The number of benzene rings is 3. The lowest BCUT2D eigenvalue weighted by atomic mass is 9.70. The van der Waals surface area contributed by atoms with Crippen LogP contribution in [0.15, 0.2) is 84.9 Å². The van der Waals surface area contributed by atoms with Crippen molar-refractivity contribution in [1.29, 1.82) is 0 Å². The van der Waals surface area contributed by atoms with Crippen molar-refractivity contribution in [3.63, 3.8) is 0 Å². The standard InChI is InChI=1S/C42H51ClN6O3/c1-42(29-49-41(23-35(47-49)25-45-3)50-27-30-9-5-4-6-10-30)19-17-32(18-20-42)37-16-13-31(21-38(37)43)28-51-40-22-34(24-44-2)46-48(40)26-36-15-14-33-11-7-8-12-39(33)52-36/h4-13,16,21-23,32,36,44-45H,14-15,17-20,24-29H2,1-3H3. The number of nitrogens with zero attached hydrogens (tertiary/aromatic N) is 4. The van der Waals surface area contributed by atoms with Gasteiger partial charge in [-0.15, -0.1) is 0 Å². The molecule has 0 bridgehead atoms. The summed E-state index contributed by atoms with van der Waals surface area (Å²) in [4.78, 5) is 0. The van der Waals surface area contributed by atoms with Crippen molar-refractivity contribution in [3.8, 4) is 17.5 Å². The Balaban J connectivity index is 0.957. The van der Waals surface area contributed by atoms with E-state index in [9.17, 15) is 0 Å². The number of ether oxygens (including phenoxy) is 3. The second kappa shape index (κ2) is 16.6. The molecular formula is C42H51ClN6O3. The molecular weight excluding hydrogens is 672 g/mol. The number of rotatable bonds is 15. The molecule has 7 rings (SSSR count). The highest BCUT2D eigenvalue weighted by molar-refractivity contribution is 6.31. The zero-order valence-corrected chi connectivity index (χ0v) is 31.4. The van der Waals surface area contributed by atoms with Gasteiger partial charge in [0, 0.05) is 30.2 Å². The van der Waals surface area contributed by atoms with E-state index in [-0.39, 0.29) is 11.5 Å². The second-order valence-corrected chi connectivity index (χ2v) is 15.1. The average molecular weight is 723 g/mol. The minimum atomic E-state index is 0.0380. The Kier molecular flexibility index (Phi) is 11.5. The molecule has 2 N–H and O–H groups in total. The van der Waals surface area contributed by atoms with Crippen molar-refractivity contribution in [3.05, 3.63) is 124 Å². The minimum Gasteiger partial charge on any atom is -0.488 e. The number of fused-ring (bicyclic) bond motifs is 1. The van der Waals surface area contributed by atoms with Gasteiger partial charge < -0.3 is 24.8 Å². The van der Waals surface area contributed by atoms with Gasteiger partial charge in [0.1, 0.15) is 25.1 Å². The summed E-state index contributed by atoms with van der Waals surface area (Å²) >= 11 is 7.00. The highest BCUT2D eigenvalue weighted by Gasteiger charge is 2.34. The molecule has 3 aromatic carbocycles. The van der Waals surface area contributed by atoms with Crippen LogP contribution in [-0.2, 0) is 45.8 Å². The van der Waals surface area contributed by atoms with Gasteiger partial charge >= 0.3 is 0 Å². The Morgan fingerprint density at radius 2 is 1.44 bits per heavy atom. The fraction of sp³-hybridized carbons (Fsp3) is 0.429. The smallest absolute Gasteiger partial charge is 0.212 e. The van der Waals surface area contributed by atoms with E-state index in [1.54, 1.807) is 0 Å². The molecule has 1 unspecified atom stereocenters. The van der Waals surface area contributed by atoms with Crippen molar-refractivity contribution in [2.24, 2.45) is 5.41 Å². The molecule has 2 aromatic heterocycles. The van der Waals surface area contributed by atoms with Crippen LogP contribution in [0.1, 0.15) is 78.6 Å². The van der Waals surface area contributed by atoms with E-state index in [0.717, 1.165) is 90.1 Å². The molecule has 5 aromatic rings. The van der Waals surface area contributed by atoms with Crippen LogP contribution < -0.4 is 24.8 Å². The van der Waals surface area contributed by atoms with Crippen LogP contribution in [0.4, 0.5) is 0 Å². The van der Waals surface area contributed by atoms with E-state index in [1.165, 1.54) is 11.1 Å². The number of nitrogens with one attached hydrogen (secondary N) is 2. The molecule has 52 heavy (non-hydrogen) atoms. The van der Waals surface area contributed by atoms with Gasteiger partial charge in [-0.2, -0.15) is 10.2 Å². The molecule has 1 saturated carbocycles. The number of aromatic nitrogens is 4. The monoisotopic (exact) mass is 722 g/mol. The van der Waals surface area contributed by atoms with Gasteiger partial charge in [0.15, 0.2) is 0 Å². The van der Waals surface area contributed by atoms with Crippen LogP contribution in [0.2, 0.25) is 5.02 Å². The molecule has 0 amide bonds. The largest absolute Gasteiger partial charge is 0.488 e. The Morgan fingerprint density at radius 1 is 0.788 bits per heavy atom. The SMILES string of the molecule is CNCc1cc(OCc2ccc(C3CCC(C)(Cn4nc(CNC)cc4OCc4ccccc4)CC3)c(Cl)c2)n(CC2CCc3ccccc3O2)n1. The third-order valence-electron chi connectivity index (χ3n) is 10.5. The zero-order chi connectivity index (χ0) is 35.9. The topological polar surface area (TPSA) is 87.4 Å². The lowest BCUT2D eigenvalue weighted by Gasteiger charge is -2.38. The lowest BCUT2D eigenvalue weighted by Crippen LogP contribution is -2.29. The van der Waals surface area contributed by atoms with Crippen LogP contribution in [-0.4, -0.2) is 39.8 Å². The molecule has 9 nitrogen and oxygen atoms in total. The molecule has 1 atom stereocenters. The van der Waals surface area contributed by atoms with Gasteiger partial charge in [-0.25, -0.2) is 9.36 Å². The first-order valence-corrected chi connectivity index (χ1v) is 19.0. The van der Waals surface area contributed by atoms with Crippen LogP contribution in [0.5, 0.6) is 17.5 Å². The number of halogens is 1. The molecule has 1 aliphatic heterocycles. The Labute approximate surface area is 312 Å². The van der Waals surface area contributed by atoms with Gasteiger partial charge in [-0.1, -0.05) is 79.2 Å². The summed E-state index contributed by atoms with van der Waals surface area (Å²) in [5, 5.41) is 17.0. The molecule has 0 radical (unpaired) electrons. The highest BCUT2D eigenvalue weighted by Crippen LogP contribution is 2.46. The predicted octanol–water partition coefficient (Wildman–Crippen LogP) is 8.09. The number of para-hydroxylation sites is 1. The van der Waals surface area contributed by atoms with Crippen LogP contribution in [0, 0.1) is 5.41 Å². The van der Waals surface area contributed by atoms with Gasteiger partial charge in [0.05, 0.1) is 24.5 Å². The van der Waals surface area contributed by atoms with Gasteiger partial charge in [-0.3, -0.25) is 0 Å². The lowest BCUT2D eigenvalue weighted by molar-refractivity contribution is 0.141. The number of hydrogen-bond acceptors (Lipinski definition) is 7. The normalized spacial score (nSPS) is 19.9. The third kappa shape index (κ3) is 8.82. The van der Waals surface area contributed by atoms with E-state index in [4.69, 9.17) is 36.0 Å². The molecule has 10 heteroatoms. The Hall–Kier alpha value is -4.31. The van der Waals surface area contributed by atoms with Gasteiger partial charge in [0.25, 0.3) is 0 Å². The number of aryl methyl sites for hydroxylation is 1. The third-order valence-corrected chi connectivity index (χ3v) is 10.9. The summed E-state index contributed by atoms with van der Waals surface area (Å²) in [6.45, 7) is 6.15. The predicted molar refractivity (Wildman–Crippen MR) is 205 cm³/mol. The van der Waals surface area contributed by atoms with E-state index in [1.807, 2.05) is 49.1 Å². The maximum Gasteiger partial charge on any atom is 0.212 e. The number of hydrogen-bond donors (Lipinski definition) is 2. The van der Waals surface area contributed by atoms with E-state index >= 15 is 0 Å². The summed E-state index contributed by atoms with van der Waals surface area (Å²) in [6.07, 6.45) is 6.33. The molecule has 0 spiro atoms. The Bertz CT molecular complexity index is 1920. The quantitative estimate of drug-likeness (QED) is 0.113. The first-order chi connectivity index (χ1) is 25.4. The van der Waals surface area contributed by atoms with Crippen LogP contribution >= 0.6 is 11.6 Å². The average Bonchev–Trinajstić information content (AvgIpc) is 3.72. The Morgan fingerprint density at radius 3 is 2.15 bits per heavy atom. The molecule has 1 fully saturated rings. The highest BCUT2D eigenvalue weighted by atomic mass is 35.5. The van der Waals surface area contributed by atoms with Crippen molar-refractivity contribution >= 4 is 11.6 Å². The summed E-state index contributed by atoms with van der Waals surface area (Å²) in [5.74, 6) is 2.96. The maximum absolute atomic E-state index is 7.00. The fourth-order valence-corrected chi connectivity index (χ4v) is 8.00. The van der Waals surface area contributed by atoms with Crippen molar-refractivity contribution in [2.75, 3.05) is 14.1 Å². The van der Waals surface area contributed by atoms with E-state index < -0.39 is 0 Å². The summed E-state index contributed by atoms with van der Waals surface area (Å²) < 4.78 is 23.0. The molecule has 0 saturated heterocycles. The first-order valence-electron chi connectivity index (χ1n) is 18.6. The zero-order valence-electron chi connectivity index (χ0n) is 30.6. The second-order valence-electron chi connectivity index (χ2n) is 14.7. The summed E-state index contributed by atoms with van der Waals surface area (Å²) in [5.41, 5.74) is 6.73. The van der Waals surface area contributed by atoms with Gasteiger partial charge in [-0.05, 0) is 98.3 Å². The minimum absolute atomic E-state index is 0.0380. The van der Waals surface area contributed by atoms with E-state index in [0.29, 0.717) is 38.8 Å². The summed E-state index contributed by atoms with van der Waals surface area (Å²) in [7, 11) is 3.87. The van der Waals surface area contributed by atoms with Crippen molar-refractivity contribution in [1.82, 2.24) is 30.2 Å². The summed E-state index contributed by atoms with van der Waals surface area (Å²) in [6, 6.07) is 29.1. The van der Waals surface area contributed by atoms with Crippen molar-refractivity contribution in [2.45, 2.75) is 96.9 Å². The molecule has 274 valence electrons.